The molecule has 24 heavy (non-hydrogen) atoms. The Labute approximate surface area is 138 Å². The molecule has 0 amide bonds. The van der Waals surface area contributed by atoms with Gasteiger partial charge in [0.15, 0.2) is 5.75 Å². The Hall–Kier alpha value is -1.39. The number of sulfonamides is 1. The van der Waals surface area contributed by atoms with E-state index in [1.165, 1.54) is 12.1 Å². The summed E-state index contributed by atoms with van der Waals surface area (Å²) in [4.78, 5) is 0. The van der Waals surface area contributed by atoms with Crippen LogP contribution in [0.25, 0.3) is 0 Å². The molecule has 1 rings (SSSR count). The second-order valence-electron chi connectivity index (χ2n) is 4.84. The Kier molecular flexibility index (Phi) is 7.91. The van der Waals surface area contributed by atoms with Gasteiger partial charge in [-0.3, -0.25) is 0 Å². The molecule has 0 aliphatic heterocycles. The lowest BCUT2D eigenvalue weighted by Gasteiger charge is -2.11. The molecular weight excluding hydrogens is 354 g/mol. The van der Waals surface area contributed by atoms with Gasteiger partial charge >= 0.3 is 6.18 Å². The summed E-state index contributed by atoms with van der Waals surface area (Å²) in [5, 5.41) is 0. The summed E-state index contributed by atoms with van der Waals surface area (Å²) in [6.45, 7) is 1.69. The van der Waals surface area contributed by atoms with Gasteiger partial charge in [0, 0.05) is 12.6 Å². The zero-order valence-corrected chi connectivity index (χ0v) is 13.8. The van der Waals surface area contributed by atoms with E-state index < -0.39 is 27.8 Å². The van der Waals surface area contributed by atoms with Crippen molar-refractivity contribution in [1.29, 1.82) is 0 Å². The van der Waals surface area contributed by atoms with Crippen molar-refractivity contribution in [3.8, 4) is 5.75 Å². The summed E-state index contributed by atoms with van der Waals surface area (Å²) in [6, 6.07) is 4.19. The van der Waals surface area contributed by atoms with Crippen LogP contribution in [0.15, 0.2) is 18.2 Å². The first-order valence-electron chi connectivity index (χ1n) is 7.16. The van der Waals surface area contributed by atoms with Gasteiger partial charge in [0.2, 0.25) is 10.0 Å². The topological polar surface area (TPSA) is 64.6 Å². The van der Waals surface area contributed by atoms with Gasteiger partial charge in [0.25, 0.3) is 0 Å². The number of rotatable bonds is 10. The Balaban J connectivity index is 2.23. The molecule has 5 nitrogen and oxygen atoms in total. The fourth-order valence-electron chi connectivity index (χ4n) is 1.80. The van der Waals surface area contributed by atoms with Gasteiger partial charge in [0.05, 0.1) is 13.2 Å². The standard InChI is InChI=1S/C14H19F4NO4S/c1-2-11-3-4-12(15)9-13(11)23-8-7-22-6-5-19-24(20,21)10-14(16,17)18/h3-4,9,19H,2,5-8,10H2,1H3. The van der Waals surface area contributed by atoms with E-state index in [2.05, 4.69) is 0 Å². The second kappa shape index (κ2) is 9.19. The number of nitrogens with one attached hydrogen (secondary N) is 1. The summed E-state index contributed by atoms with van der Waals surface area (Å²) in [5.74, 6) is -1.96. The van der Waals surface area contributed by atoms with Crippen molar-refractivity contribution >= 4 is 10.0 Å². The lowest BCUT2D eigenvalue weighted by Crippen LogP contribution is -2.35. The average Bonchev–Trinajstić information content (AvgIpc) is 2.43. The van der Waals surface area contributed by atoms with Crippen LogP contribution in [-0.4, -0.2) is 46.7 Å². The Bertz CT molecular complexity index is 620. The maximum Gasteiger partial charge on any atom is 0.404 e. The van der Waals surface area contributed by atoms with Crippen LogP contribution >= 0.6 is 0 Å². The van der Waals surface area contributed by atoms with E-state index in [0.29, 0.717) is 12.2 Å². The van der Waals surface area contributed by atoms with Gasteiger partial charge in [-0.15, -0.1) is 0 Å². The number of benzene rings is 1. The fraction of sp³-hybridized carbons (Fsp3) is 0.571. The number of hydrogen-bond donors (Lipinski definition) is 1. The highest BCUT2D eigenvalue weighted by atomic mass is 32.2. The maximum atomic E-state index is 13.1. The van der Waals surface area contributed by atoms with Crippen LogP contribution in [-0.2, 0) is 21.2 Å². The highest BCUT2D eigenvalue weighted by molar-refractivity contribution is 7.89. The van der Waals surface area contributed by atoms with Crippen LogP contribution in [0, 0.1) is 5.82 Å². The van der Waals surface area contributed by atoms with Gasteiger partial charge in [-0.1, -0.05) is 13.0 Å². The molecule has 1 N–H and O–H groups in total. The first-order chi connectivity index (χ1) is 11.1. The van der Waals surface area contributed by atoms with E-state index in [4.69, 9.17) is 9.47 Å². The third-order valence-electron chi connectivity index (χ3n) is 2.82. The highest BCUT2D eigenvalue weighted by Crippen LogP contribution is 2.20. The molecule has 1 aromatic carbocycles. The predicted octanol–water partition coefficient (Wildman–Crippen LogP) is 2.27. The van der Waals surface area contributed by atoms with Crippen molar-refractivity contribution in [3.05, 3.63) is 29.6 Å². The molecule has 0 heterocycles. The third kappa shape index (κ3) is 8.46. The molecule has 0 aliphatic carbocycles. The maximum absolute atomic E-state index is 13.1. The lowest BCUT2D eigenvalue weighted by atomic mass is 10.1. The Morgan fingerprint density at radius 1 is 1.17 bits per heavy atom. The van der Waals surface area contributed by atoms with Crippen LogP contribution in [0.5, 0.6) is 5.75 Å². The predicted molar refractivity (Wildman–Crippen MR) is 79.9 cm³/mol. The van der Waals surface area contributed by atoms with E-state index >= 15 is 0 Å². The molecule has 0 saturated carbocycles. The van der Waals surface area contributed by atoms with Gasteiger partial charge in [-0.2, -0.15) is 13.2 Å². The molecule has 0 bridgehead atoms. The van der Waals surface area contributed by atoms with Crippen molar-refractivity contribution in [3.63, 3.8) is 0 Å². The minimum absolute atomic E-state index is 0.0840. The average molecular weight is 373 g/mol. The molecule has 1 aromatic rings. The molecule has 0 aromatic heterocycles. The molecule has 0 saturated heterocycles. The van der Waals surface area contributed by atoms with Crippen LogP contribution in [0.4, 0.5) is 17.6 Å². The Morgan fingerprint density at radius 2 is 1.88 bits per heavy atom. The number of halogens is 4. The van der Waals surface area contributed by atoms with Crippen LogP contribution < -0.4 is 9.46 Å². The lowest BCUT2D eigenvalue weighted by molar-refractivity contribution is -0.106. The number of hydrogen-bond acceptors (Lipinski definition) is 4. The largest absolute Gasteiger partial charge is 0.491 e. The minimum atomic E-state index is -4.79. The van der Waals surface area contributed by atoms with Crippen molar-refractivity contribution in [2.45, 2.75) is 19.5 Å². The minimum Gasteiger partial charge on any atom is -0.491 e. The number of ether oxygens (including phenoxy) is 2. The quantitative estimate of drug-likeness (QED) is 0.505. The molecule has 0 unspecified atom stereocenters. The van der Waals surface area contributed by atoms with E-state index in [1.807, 2.05) is 6.92 Å². The van der Waals surface area contributed by atoms with Gasteiger partial charge in [-0.25, -0.2) is 17.5 Å². The molecule has 138 valence electrons. The smallest absolute Gasteiger partial charge is 0.404 e. The van der Waals surface area contributed by atoms with Gasteiger partial charge < -0.3 is 9.47 Å². The zero-order valence-electron chi connectivity index (χ0n) is 13.0. The monoisotopic (exact) mass is 373 g/mol. The highest BCUT2D eigenvalue weighted by Gasteiger charge is 2.34. The summed E-state index contributed by atoms with van der Waals surface area (Å²) < 4.78 is 83.5. The summed E-state index contributed by atoms with van der Waals surface area (Å²) in [5.41, 5.74) is 0.830. The summed E-state index contributed by atoms with van der Waals surface area (Å²) in [7, 11) is -4.42. The molecule has 0 fully saturated rings. The third-order valence-corrected chi connectivity index (χ3v) is 4.17. The van der Waals surface area contributed by atoms with E-state index in [1.54, 1.807) is 10.8 Å². The first kappa shape index (κ1) is 20.7. The van der Waals surface area contributed by atoms with Gasteiger partial charge in [-0.05, 0) is 18.1 Å². The normalized spacial score (nSPS) is 12.4. The van der Waals surface area contributed by atoms with Crippen molar-refractivity contribution in [2.24, 2.45) is 0 Å². The van der Waals surface area contributed by atoms with E-state index in [9.17, 15) is 26.0 Å². The van der Waals surface area contributed by atoms with Crippen LogP contribution in [0.1, 0.15) is 12.5 Å². The molecule has 0 atom stereocenters. The van der Waals surface area contributed by atoms with E-state index in [0.717, 1.165) is 5.56 Å². The SMILES string of the molecule is CCc1ccc(F)cc1OCCOCCNS(=O)(=O)CC(F)(F)F. The molecular formula is C14H19F4NO4S. The Morgan fingerprint density at radius 3 is 2.50 bits per heavy atom. The molecule has 10 heteroatoms. The van der Waals surface area contributed by atoms with Crippen molar-refractivity contribution in [2.75, 3.05) is 32.1 Å². The first-order valence-corrected chi connectivity index (χ1v) is 8.81. The second-order valence-corrected chi connectivity index (χ2v) is 6.64. The molecule has 0 aliphatic rings. The number of aryl methyl sites for hydroxylation is 1. The summed E-state index contributed by atoms with van der Waals surface area (Å²) >= 11 is 0. The number of alkyl halides is 3. The molecule has 0 spiro atoms. The summed E-state index contributed by atoms with van der Waals surface area (Å²) in [6.07, 6.45) is -4.13. The fourth-order valence-corrected chi connectivity index (χ4v) is 2.73. The van der Waals surface area contributed by atoms with Gasteiger partial charge in [0.1, 0.15) is 18.2 Å². The van der Waals surface area contributed by atoms with E-state index in [-0.39, 0.29) is 26.4 Å². The van der Waals surface area contributed by atoms with Crippen LogP contribution in [0.3, 0.4) is 0 Å². The van der Waals surface area contributed by atoms with Crippen molar-refractivity contribution < 1.29 is 35.5 Å². The zero-order chi connectivity index (χ0) is 18.2. The molecule has 0 radical (unpaired) electrons. The van der Waals surface area contributed by atoms with Crippen LogP contribution in [0.2, 0.25) is 0 Å². The van der Waals surface area contributed by atoms with Crippen molar-refractivity contribution in [1.82, 2.24) is 4.72 Å².